The van der Waals surface area contributed by atoms with Crippen LogP contribution in [0.25, 0.3) is 20.9 Å². The fraction of sp³-hybridized carbons (Fsp3) is 0.412. The molecule has 46 heavy (non-hydrogen) atoms. The van der Waals surface area contributed by atoms with Crippen LogP contribution in [0.5, 0.6) is 5.75 Å². The van der Waals surface area contributed by atoms with Crippen LogP contribution in [-0.2, 0) is 22.5 Å². The van der Waals surface area contributed by atoms with Crippen molar-refractivity contribution in [2.75, 3.05) is 19.8 Å². The van der Waals surface area contributed by atoms with E-state index in [0.29, 0.717) is 59.2 Å². The van der Waals surface area contributed by atoms with Gasteiger partial charge in [-0.1, -0.05) is 78.0 Å². The molecule has 0 saturated heterocycles. The lowest BCUT2D eigenvalue weighted by Crippen LogP contribution is -2.51. The number of hydrogen-bond donors (Lipinski definition) is 2. The second-order valence-corrected chi connectivity index (χ2v) is 11.6. The molecule has 0 aromatic heterocycles. The van der Waals surface area contributed by atoms with Crippen LogP contribution < -0.4 is 10.1 Å². The van der Waals surface area contributed by atoms with E-state index in [4.69, 9.17) is 25.1 Å². The monoisotopic (exact) mass is 622 g/mol. The van der Waals surface area contributed by atoms with Crippen LogP contribution in [0, 0.1) is 5.92 Å². The summed E-state index contributed by atoms with van der Waals surface area (Å²) in [6.45, 7) is 1.01. The van der Waals surface area contributed by atoms with Gasteiger partial charge >= 0.3 is 0 Å². The third-order valence-corrected chi connectivity index (χ3v) is 8.55. The number of nitrogens with one attached hydrogen (secondary N) is 1. The molecule has 0 radical (unpaired) electrons. The first-order valence-electron chi connectivity index (χ1n) is 15.7. The maximum Gasteiger partial charge on any atom is 0.252 e. The van der Waals surface area contributed by atoms with Crippen LogP contribution >= 0.6 is 0 Å². The summed E-state index contributed by atoms with van der Waals surface area (Å²) in [7, 11) is 0. The van der Waals surface area contributed by atoms with Crippen molar-refractivity contribution in [3.8, 4) is 5.75 Å². The highest BCUT2D eigenvalue weighted by molar-refractivity contribution is 6.01. The van der Waals surface area contributed by atoms with E-state index in [2.05, 4.69) is 25.4 Å². The van der Waals surface area contributed by atoms with Crippen molar-refractivity contribution >= 4 is 17.5 Å². The van der Waals surface area contributed by atoms with E-state index < -0.39 is 11.6 Å². The molecule has 2 aliphatic rings. The summed E-state index contributed by atoms with van der Waals surface area (Å²) in [4.78, 5) is 25.7. The van der Waals surface area contributed by atoms with Crippen LogP contribution in [-0.4, -0.2) is 42.2 Å². The number of carbonyl (C=O) groups is 1. The summed E-state index contributed by atoms with van der Waals surface area (Å²) in [6.07, 6.45) is 5.33. The largest absolute Gasteiger partial charge is 0.494 e. The third-order valence-electron chi connectivity index (χ3n) is 8.55. The van der Waals surface area contributed by atoms with E-state index in [1.807, 2.05) is 48.5 Å². The van der Waals surface area contributed by atoms with E-state index in [1.54, 1.807) is 24.3 Å². The van der Waals surface area contributed by atoms with Gasteiger partial charge in [-0.3, -0.25) is 4.79 Å². The number of rotatable bonds is 14. The Hall–Kier alpha value is -5.02. The number of amides is 1. The summed E-state index contributed by atoms with van der Waals surface area (Å²) < 4.78 is 12.4. The first-order valence-corrected chi connectivity index (χ1v) is 15.7. The molecule has 12 nitrogen and oxygen atoms in total. The highest BCUT2D eigenvalue weighted by Gasteiger charge is 2.54. The fourth-order valence-electron chi connectivity index (χ4n) is 6.18. The number of aliphatic hydroxyl groups excluding tert-OH is 1. The van der Waals surface area contributed by atoms with Gasteiger partial charge in [-0.25, -0.2) is 4.99 Å². The summed E-state index contributed by atoms with van der Waals surface area (Å²) in [6, 6.07) is 21.8. The first kappa shape index (κ1) is 32.4. The lowest BCUT2D eigenvalue weighted by Gasteiger charge is -2.33. The van der Waals surface area contributed by atoms with Gasteiger partial charge < -0.3 is 19.9 Å². The van der Waals surface area contributed by atoms with Crippen LogP contribution in [0.3, 0.4) is 0 Å². The zero-order chi connectivity index (χ0) is 32.2. The van der Waals surface area contributed by atoms with Crippen molar-refractivity contribution < 1.29 is 19.4 Å². The highest BCUT2D eigenvalue weighted by atomic mass is 16.5. The molecule has 5 rings (SSSR count). The fourth-order valence-corrected chi connectivity index (χ4v) is 6.18. The molecule has 0 bridgehead atoms. The molecular weight excluding hydrogens is 584 g/mol. The Kier molecular flexibility index (Phi) is 11.1. The van der Waals surface area contributed by atoms with Gasteiger partial charge in [0.25, 0.3) is 5.91 Å². The Balaban J connectivity index is 1.61. The minimum atomic E-state index is -1.49. The van der Waals surface area contributed by atoms with E-state index in [0.717, 1.165) is 25.7 Å². The second kappa shape index (κ2) is 15.8. The van der Waals surface area contributed by atoms with Crippen LogP contribution in [0.15, 0.2) is 88.0 Å². The van der Waals surface area contributed by atoms with Gasteiger partial charge in [0.1, 0.15) is 5.75 Å². The first-order chi connectivity index (χ1) is 22.6. The van der Waals surface area contributed by atoms with Crippen LogP contribution in [0.4, 0.5) is 5.69 Å². The molecule has 1 fully saturated rings. The minimum Gasteiger partial charge on any atom is -0.494 e. The molecule has 3 aromatic carbocycles. The molecule has 3 aromatic rings. The van der Waals surface area contributed by atoms with E-state index in [9.17, 15) is 10.3 Å². The van der Waals surface area contributed by atoms with Crippen molar-refractivity contribution in [1.29, 1.82) is 0 Å². The standard InChI is InChI=1S/C34H38N8O4/c35-41-38-23-27-12-4-6-13-29(27)31-34(21-26-11-5-7-14-30(26)40-42-36,33(44)37-22-24-9-2-1-3-10-24)39-32(46-31)25-15-17-28(18-16-25)45-20-8-19-43/h4-7,11-18,24,31,43H,1-3,8-10,19-23H2,(H,37,44)/t31-,34-/m1/s1. The van der Waals surface area contributed by atoms with Gasteiger partial charge in [-0.05, 0) is 70.8 Å². The van der Waals surface area contributed by atoms with Gasteiger partial charge in [-0.2, -0.15) is 0 Å². The van der Waals surface area contributed by atoms with Crippen LogP contribution in [0.2, 0.25) is 0 Å². The summed E-state index contributed by atoms with van der Waals surface area (Å²) in [5.74, 6) is 0.993. The zero-order valence-corrected chi connectivity index (χ0v) is 25.7. The van der Waals surface area contributed by atoms with Crippen molar-refractivity contribution in [2.45, 2.75) is 63.1 Å². The Morgan fingerprint density at radius 1 is 1.00 bits per heavy atom. The molecule has 2 atom stereocenters. The molecule has 238 valence electrons. The summed E-state index contributed by atoms with van der Waals surface area (Å²) in [5, 5.41) is 20.0. The average molecular weight is 623 g/mol. The Bertz CT molecular complexity index is 1630. The minimum absolute atomic E-state index is 0.0406. The molecular formula is C34H38N8O4. The van der Waals surface area contributed by atoms with E-state index in [1.165, 1.54) is 6.42 Å². The maximum absolute atomic E-state index is 14.6. The average Bonchev–Trinajstić information content (AvgIpc) is 3.48. The molecule has 12 heteroatoms. The third kappa shape index (κ3) is 7.61. The van der Waals surface area contributed by atoms with Gasteiger partial charge in [0.2, 0.25) is 5.90 Å². The van der Waals surface area contributed by atoms with Crippen molar-refractivity contribution in [3.63, 3.8) is 0 Å². The van der Waals surface area contributed by atoms with Crippen LogP contribution in [0.1, 0.15) is 66.9 Å². The maximum atomic E-state index is 14.6. The van der Waals surface area contributed by atoms with Gasteiger partial charge in [0, 0.05) is 47.1 Å². The quantitative estimate of drug-likeness (QED) is 0.0824. The summed E-state index contributed by atoms with van der Waals surface area (Å²) >= 11 is 0. The Labute approximate surface area is 267 Å². The smallest absolute Gasteiger partial charge is 0.252 e. The number of aliphatic imine (C=N–C) groups is 1. The molecule has 1 heterocycles. The molecule has 0 unspecified atom stereocenters. The molecule has 2 N–H and O–H groups in total. The number of benzene rings is 3. The van der Waals surface area contributed by atoms with Crippen molar-refractivity contribution in [2.24, 2.45) is 21.1 Å². The zero-order valence-electron chi connectivity index (χ0n) is 25.7. The number of carbonyl (C=O) groups excluding carboxylic acids is 1. The molecule has 1 amide bonds. The Morgan fingerprint density at radius 2 is 1.74 bits per heavy atom. The number of azide groups is 2. The normalized spacial score (nSPS) is 19.2. The number of ether oxygens (including phenoxy) is 2. The number of nitrogens with zero attached hydrogens (tertiary/aromatic N) is 7. The van der Waals surface area contributed by atoms with E-state index >= 15 is 0 Å². The molecule has 1 saturated carbocycles. The highest BCUT2D eigenvalue weighted by Crippen LogP contribution is 2.45. The lowest BCUT2D eigenvalue weighted by atomic mass is 9.80. The van der Waals surface area contributed by atoms with Gasteiger partial charge in [0.15, 0.2) is 11.6 Å². The second-order valence-electron chi connectivity index (χ2n) is 11.6. The molecule has 1 aliphatic carbocycles. The SMILES string of the molecule is [N-]=[N+]=NCc1ccccc1[C@H]1OC(c2ccc(OCCCO)cc2)=N[C@@]1(Cc1ccccc1N=[N+]=[N-])C(=O)NCC1CCCCC1. The predicted molar refractivity (Wildman–Crippen MR) is 175 cm³/mol. The predicted octanol–water partition coefficient (Wildman–Crippen LogP) is 7.40. The van der Waals surface area contributed by atoms with Gasteiger partial charge in [-0.15, -0.1) is 0 Å². The van der Waals surface area contributed by atoms with Crippen molar-refractivity contribution in [3.05, 3.63) is 116 Å². The topological polar surface area (TPSA) is 178 Å². The Morgan fingerprint density at radius 3 is 2.48 bits per heavy atom. The van der Waals surface area contributed by atoms with E-state index in [-0.39, 0.29) is 31.4 Å². The number of hydrogen-bond acceptors (Lipinski definition) is 7. The van der Waals surface area contributed by atoms with Gasteiger partial charge in [0.05, 0.1) is 13.2 Å². The lowest BCUT2D eigenvalue weighted by molar-refractivity contribution is -0.129. The molecule has 1 aliphatic heterocycles. The summed E-state index contributed by atoms with van der Waals surface area (Å²) in [5.41, 5.74) is 20.0. The van der Waals surface area contributed by atoms with Crippen molar-refractivity contribution in [1.82, 2.24) is 5.32 Å². The molecule has 0 spiro atoms. The number of aliphatic hydroxyl groups is 1.